The fourth-order valence-electron chi connectivity index (χ4n) is 2.99. The van der Waals surface area contributed by atoms with Gasteiger partial charge in [-0.1, -0.05) is 36.8 Å². The first-order valence-corrected chi connectivity index (χ1v) is 11.3. The zero-order valence-corrected chi connectivity index (χ0v) is 16.0. The lowest BCUT2D eigenvalue weighted by Gasteiger charge is -2.25. The molecule has 3 rings (SSSR count). The quantitative estimate of drug-likeness (QED) is 0.766. The van der Waals surface area contributed by atoms with E-state index in [-0.39, 0.29) is 12.3 Å². The van der Waals surface area contributed by atoms with E-state index in [1.165, 1.54) is 30.6 Å². The number of benzene rings is 1. The molecule has 0 amide bonds. The van der Waals surface area contributed by atoms with Crippen LogP contribution in [0.1, 0.15) is 35.5 Å². The molecule has 1 fully saturated rings. The van der Waals surface area contributed by atoms with E-state index < -0.39 is 10.0 Å². The normalized spacial score (nSPS) is 16.2. The second kappa shape index (κ2) is 8.89. The van der Waals surface area contributed by atoms with Crippen molar-refractivity contribution in [2.24, 2.45) is 0 Å². The summed E-state index contributed by atoms with van der Waals surface area (Å²) >= 11 is 1.53. The maximum Gasteiger partial charge on any atom is 0.212 e. The summed E-state index contributed by atoms with van der Waals surface area (Å²) < 4.78 is 27.0. The summed E-state index contributed by atoms with van der Waals surface area (Å²) in [6.45, 7) is 3.43. The van der Waals surface area contributed by atoms with Crippen LogP contribution in [-0.2, 0) is 29.5 Å². The smallest absolute Gasteiger partial charge is 0.212 e. The molecule has 136 valence electrons. The number of nitrogens with one attached hydrogen (secondary N) is 1. The Labute approximate surface area is 154 Å². The first-order valence-electron chi connectivity index (χ1n) is 8.78. The highest BCUT2D eigenvalue weighted by Gasteiger charge is 2.14. The topological polar surface area (TPSA) is 62.3 Å². The van der Waals surface area contributed by atoms with Crippen LogP contribution in [0.3, 0.4) is 0 Å². The number of hydrogen-bond donors (Lipinski definition) is 1. The third kappa shape index (κ3) is 6.18. The van der Waals surface area contributed by atoms with Gasteiger partial charge in [-0.2, -0.15) is 0 Å². The molecule has 25 heavy (non-hydrogen) atoms. The largest absolute Gasteiger partial charge is 0.297 e. The van der Waals surface area contributed by atoms with Gasteiger partial charge >= 0.3 is 0 Å². The van der Waals surface area contributed by atoms with Gasteiger partial charge in [0.15, 0.2) is 0 Å². The molecule has 0 saturated carbocycles. The predicted octanol–water partition coefficient (Wildman–Crippen LogP) is 2.79. The summed E-state index contributed by atoms with van der Waals surface area (Å²) in [5.41, 5.74) is 2.08. The van der Waals surface area contributed by atoms with Crippen LogP contribution in [0, 0.1) is 0 Å². The van der Waals surface area contributed by atoms with Crippen molar-refractivity contribution in [1.29, 1.82) is 0 Å². The molecular weight excluding hydrogens is 354 g/mol. The van der Waals surface area contributed by atoms with Crippen LogP contribution < -0.4 is 4.72 Å². The van der Waals surface area contributed by atoms with E-state index in [0.29, 0.717) is 6.42 Å². The average molecular weight is 380 g/mol. The molecule has 0 aliphatic carbocycles. The summed E-state index contributed by atoms with van der Waals surface area (Å²) in [5.74, 6) is 0.100. The lowest BCUT2D eigenvalue weighted by atomic mass is 10.1. The molecule has 0 unspecified atom stereocenters. The van der Waals surface area contributed by atoms with Crippen molar-refractivity contribution in [3.8, 4) is 0 Å². The van der Waals surface area contributed by atoms with E-state index in [1.807, 2.05) is 35.7 Å². The highest BCUT2D eigenvalue weighted by Crippen LogP contribution is 2.15. The molecule has 1 aromatic carbocycles. The highest BCUT2D eigenvalue weighted by molar-refractivity contribution is 7.89. The lowest BCUT2D eigenvalue weighted by molar-refractivity contribution is 0.219. The second-order valence-corrected chi connectivity index (χ2v) is 9.31. The molecule has 0 atom stereocenters. The monoisotopic (exact) mass is 379 g/mol. The number of hydrogen-bond acceptors (Lipinski definition) is 5. The van der Waals surface area contributed by atoms with E-state index in [9.17, 15) is 8.42 Å². The van der Waals surface area contributed by atoms with Gasteiger partial charge in [-0.15, -0.1) is 11.3 Å². The molecule has 0 spiro atoms. The van der Waals surface area contributed by atoms with E-state index in [4.69, 9.17) is 0 Å². The van der Waals surface area contributed by atoms with Gasteiger partial charge in [-0.05, 0) is 37.9 Å². The van der Waals surface area contributed by atoms with Crippen LogP contribution in [0.2, 0.25) is 0 Å². The Hall–Kier alpha value is -1.28. The van der Waals surface area contributed by atoms with Gasteiger partial charge < -0.3 is 0 Å². The minimum absolute atomic E-state index is 0.100. The van der Waals surface area contributed by atoms with E-state index in [0.717, 1.165) is 35.9 Å². The Kier molecular flexibility index (Phi) is 6.58. The fourth-order valence-corrected chi connectivity index (χ4v) is 4.81. The Bertz CT molecular complexity index is 754. The summed E-state index contributed by atoms with van der Waals surface area (Å²) in [6, 6.07) is 9.68. The summed E-state index contributed by atoms with van der Waals surface area (Å²) in [5, 5.41) is 2.87. The van der Waals surface area contributed by atoms with Crippen molar-refractivity contribution >= 4 is 21.4 Å². The van der Waals surface area contributed by atoms with Gasteiger partial charge in [0.2, 0.25) is 10.0 Å². The predicted molar refractivity (Wildman–Crippen MR) is 102 cm³/mol. The average Bonchev–Trinajstić information content (AvgIpc) is 3.08. The van der Waals surface area contributed by atoms with Crippen LogP contribution in [0.25, 0.3) is 0 Å². The van der Waals surface area contributed by atoms with E-state index >= 15 is 0 Å². The Morgan fingerprint density at radius 2 is 1.88 bits per heavy atom. The number of nitrogens with zero attached hydrogens (tertiary/aromatic N) is 2. The summed E-state index contributed by atoms with van der Waals surface area (Å²) in [6.07, 6.45) is 4.37. The Morgan fingerprint density at radius 3 is 2.64 bits per heavy atom. The zero-order chi connectivity index (χ0) is 17.5. The third-order valence-electron chi connectivity index (χ3n) is 4.38. The maximum atomic E-state index is 12.2. The van der Waals surface area contributed by atoms with Crippen molar-refractivity contribution in [1.82, 2.24) is 14.6 Å². The van der Waals surface area contributed by atoms with Crippen LogP contribution in [0.15, 0.2) is 35.7 Å². The molecule has 7 heteroatoms. The molecule has 1 aromatic heterocycles. The fraction of sp³-hybridized carbons (Fsp3) is 0.500. The Morgan fingerprint density at radius 1 is 1.12 bits per heavy atom. The number of likely N-dealkylation sites (tertiary alicyclic amines) is 1. The van der Waals surface area contributed by atoms with Crippen molar-refractivity contribution in [2.75, 3.05) is 18.8 Å². The van der Waals surface area contributed by atoms with E-state index in [1.54, 1.807) is 0 Å². The molecule has 2 aromatic rings. The molecule has 1 N–H and O–H groups in total. The molecule has 5 nitrogen and oxygen atoms in total. The maximum absolute atomic E-state index is 12.2. The van der Waals surface area contributed by atoms with Crippen LogP contribution in [0.5, 0.6) is 0 Å². The summed E-state index contributed by atoms with van der Waals surface area (Å²) in [7, 11) is -3.29. The first kappa shape index (κ1) is 18.5. The standard InChI is InChI=1S/C18H25N3O2S2/c22-25(23,12-9-16-7-3-1-4-8-16)19-13-18-20-17(15-24-18)14-21-10-5-2-6-11-21/h1,3-4,7-8,15,19H,2,5-6,9-14H2. The minimum atomic E-state index is -3.29. The highest BCUT2D eigenvalue weighted by atomic mass is 32.2. The van der Waals surface area contributed by atoms with Crippen LogP contribution in [0.4, 0.5) is 0 Å². The number of piperidine rings is 1. The number of thiazole rings is 1. The minimum Gasteiger partial charge on any atom is -0.297 e. The van der Waals surface area contributed by atoms with Gasteiger partial charge in [0, 0.05) is 11.9 Å². The van der Waals surface area contributed by atoms with E-state index in [2.05, 4.69) is 14.6 Å². The lowest BCUT2D eigenvalue weighted by Crippen LogP contribution is -2.29. The third-order valence-corrected chi connectivity index (χ3v) is 6.60. The molecule has 1 aliphatic heterocycles. The molecule has 2 heterocycles. The van der Waals surface area contributed by atoms with Crippen molar-refractivity contribution < 1.29 is 8.42 Å². The van der Waals surface area contributed by atoms with Crippen molar-refractivity contribution in [3.63, 3.8) is 0 Å². The first-order chi connectivity index (χ1) is 12.1. The SMILES string of the molecule is O=S(=O)(CCc1ccccc1)NCc1nc(CN2CCCCC2)cs1. The Balaban J connectivity index is 1.46. The number of aryl methyl sites for hydroxylation is 1. The molecule has 1 saturated heterocycles. The summed E-state index contributed by atoms with van der Waals surface area (Å²) in [4.78, 5) is 7.00. The van der Waals surface area contributed by atoms with Crippen molar-refractivity contribution in [3.05, 3.63) is 52.0 Å². The molecular formula is C18H25N3O2S2. The van der Waals surface area contributed by atoms with Crippen LogP contribution >= 0.6 is 11.3 Å². The van der Waals surface area contributed by atoms with Crippen molar-refractivity contribution in [2.45, 2.75) is 38.8 Å². The molecule has 0 bridgehead atoms. The van der Waals surface area contributed by atoms with Gasteiger partial charge in [0.05, 0.1) is 18.0 Å². The number of rotatable bonds is 8. The van der Waals surface area contributed by atoms with Gasteiger partial charge in [-0.3, -0.25) is 4.90 Å². The van der Waals surface area contributed by atoms with Gasteiger partial charge in [0.1, 0.15) is 5.01 Å². The van der Waals surface area contributed by atoms with Crippen LogP contribution in [-0.4, -0.2) is 37.1 Å². The molecule has 1 aliphatic rings. The van der Waals surface area contributed by atoms with Gasteiger partial charge in [-0.25, -0.2) is 18.1 Å². The zero-order valence-electron chi connectivity index (χ0n) is 14.4. The number of aromatic nitrogens is 1. The second-order valence-electron chi connectivity index (χ2n) is 6.44. The van der Waals surface area contributed by atoms with Gasteiger partial charge in [0.25, 0.3) is 0 Å². The molecule has 0 radical (unpaired) electrons. The number of sulfonamides is 1.